The summed E-state index contributed by atoms with van der Waals surface area (Å²) in [6, 6.07) is 11.3. The van der Waals surface area contributed by atoms with E-state index >= 15 is 0 Å². The summed E-state index contributed by atoms with van der Waals surface area (Å²) in [5, 5.41) is 13.6. The van der Waals surface area contributed by atoms with E-state index in [0.717, 1.165) is 12.1 Å². The molecule has 0 saturated heterocycles. The molecular formula is C16H15ClN4OS. The minimum atomic E-state index is -0.215. The predicted octanol–water partition coefficient (Wildman–Crippen LogP) is 3.26. The maximum absolute atomic E-state index is 12.3. The SMILES string of the molecule is Cc1c(C(=O)NCCc2cccs2)nnn1-c1cccc(Cl)c1. The molecular weight excluding hydrogens is 332 g/mol. The minimum Gasteiger partial charge on any atom is -0.350 e. The van der Waals surface area contributed by atoms with Gasteiger partial charge in [0.05, 0.1) is 11.4 Å². The van der Waals surface area contributed by atoms with Gasteiger partial charge in [0.1, 0.15) is 0 Å². The van der Waals surface area contributed by atoms with Crippen LogP contribution in [0.5, 0.6) is 0 Å². The molecule has 0 radical (unpaired) electrons. The molecule has 0 saturated carbocycles. The lowest BCUT2D eigenvalue weighted by Crippen LogP contribution is -2.26. The molecule has 0 fully saturated rings. The van der Waals surface area contributed by atoms with Gasteiger partial charge in [-0.2, -0.15) is 0 Å². The molecule has 7 heteroatoms. The fraction of sp³-hybridized carbons (Fsp3) is 0.188. The molecule has 3 rings (SSSR count). The van der Waals surface area contributed by atoms with Crippen molar-refractivity contribution in [3.63, 3.8) is 0 Å². The number of amides is 1. The number of nitrogens with zero attached hydrogens (tertiary/aromatic N) is 3. The molecule has 0 unspecified atom stereocenters. The van der Waals surface area contributed by atoms with Crippen molar-refractivity contribution < 1.29 is 4.79 Å². The molecule has 0 atom stereocenters. The average Bonchev–Trinajstić information content (AvgIpc) is 3.17. The zero-order valence-corrected chi connectivity index (χ0v) is 14.1. The van der Waals surface area contributed by atoms with Gasteiger partial charge in [0.15, 0.2) is 5.69 Å². The molecule has 0 aliphatic rings. The molecule has 1 amide bonds. The summed E-state index contributed by atoms with van der Waals surface area (Å²) in [7, 11) is 0. The van der Waals surface area contributed by atoms with E-state index < -0.39 is 0 Å². The third kappa shape index (κ3) is 3.60. The number of aromatic nitrogens is 3. The Balaban J connectivity index is 1.69. The van der Waals surface area contributed by atoms with E-state index in [1.54, 1.807) is 28.2 Å². The number of hydrogen-bond donors (Lipinski definition) is 1. The molecule has 2 heterocycles. The van der Waals surface area contributed by atoms with Gasteiger partial charge in [-0.3, -0.25) is 4.79 Å². The van der Waals surface area contributed by atoms with E-state index in [-0.39, 0.29) is 5.91 Å². The molecule has 1 N–H and O–H groups in total. The van der Waals surface area contributed by atoms with E-state index in [1.807, 2.05) is 30.5 Å². The Morgan fingerprint density at radius 3 is 2.96 bits per heavy atom. The van der Waals surface area contributed by atoms with Gasteiger partial charge < -0.3 is 5.32 Å². The Hall–Kier alpha value is -2.18. The highest BCUT2D eigenvalue weighted by molar-refractivity contribution is 7.09. The predicted molar refractivity (Wildman–Crippen MR) is 91.5 cm³/mol. The molecule has 0 spiro atoms. The van der Waals surface area contributed by atoms with Crippen LogP contribution in [0.4, 0.5) is 0 Å². The van der Waals surface area contributed by atoms with Gasteiger partial charge in [0.2, 0.25) is 0 Å². The standard InChI is InChI=1S/C16H15ClN4OS/c1-11-15(16(22)18-8-7-14-6-3-9-23-14)19-20-21(11)13-5-2-4-12(17)10-13/h2-6,9-10H,7-8H2,1H3,(H,18,22). The van der Waals surface area contributed by atoms with Crippen molar-refractivity contribution in [2.75, 3.05) is 6.54 Å². The average molecular weight is 347 g/mol. The molecule has 2 aromatic heterocycles. The van der Waals surface area contributed by atoms with E-state index in [9.17, 15) is 4.79 Å². The van der Waals surface area contributed by atoms with Crippen molar-refractivity contribution in [1.29, 1.82) is 0 Å². The molecule has 118 valence electrons. The first-order chi connectivity index (χ1) is 11.1. The van der Waals surface area contributed by atoms with Crippen molar-refractivity contribution in [1.82, 2.24) is 20.3 Å². The summed E-state index contributed by atoms with van der Waals surface area (Å²) in [6.07, 6.45) is 0.810. The van der Waals surface area contributed by atoms with Gasteiger partial charge in [-0.15, -0.1) is 16.4 Å². The zero-order valence-electron chi connectivity index (χ0n) is 12.5. The highest BCUT2D eigenvalue weighted by atomic mass is 35.5. The molecule has 0 aliphatic heterocycles. The highest BCUT2D eigenvalue weighted by Crippen LogP contribution is 2.16. The lowest BCUT2D eigenvalue weighted by atomic mass is 10.2. The molecule has 5 nitrogen and oxygen atoms in total. The van der Waals surface area contributed by atoms with Gasteiger partial charge in [0, 0.05) is 16.4 Å². The van der Waals surface area contributed by atoms with Crippen LogP contribution in [-0.4, -0.2) is 27.4 Å². The number of hydrogen-bond acceptors (Lipinski definition) is 4. The highest BCUT2D eigenvalue weighted by Gasteiger charge is 2.17. The first kappa shape index (κ1) is 15.7. The summed E-state index contributed by atoms with van der Waals surface area (Å²) in [6.45, 7) is 2.39. The van der Waals surface area contributed by atoms with E-state index in [1.165, 1.54) is 4.88 Å². The Bertz CT molecular complexity index is 813. The molecule has 3 aromatic rings. The summed E-state index contributed by atoms with van der Waals surface area (Å²) in [5.41, 5.74) is 1.79. The van der Waals surface area contributed by atoms with Gasteiger partial charge in [-0.1, -0.05) is 28.9 Å². The number of halogens is 1. The van der Waals surface area contributed by atoms with E-state index in [0.29, 0.717) is 23.0 Å². The van der Waals surface area contributed by atoms with Crippen molar-refractivity contribution >= 4 is 28.8 Å². The van der Waals surface area contributed by atoms with Crippen molar-refractivity contribution in [3.05, 3.63) is 63.1 Å². The van der Waals surface area contributed by atoms with Crippen LogP contribution in [0.2, 0.25) is 5.02 Å². The Labute approximate surface area is 142 Å². The summed E-state index contributed by atoms with van der Waals surface area (Å²) < 4.78 is 1.61. The normalized spacial score (nSPS) is 10.7. The molecule has 0 aliphatic carbocycles. The van der Waals surface area contributed by atoms with Crippen LogP contribution in [-0.2, 0) is 6.42 Å². The van der Waals surface area contributed by atoms with Gasteiger partial charge >= 0.3 is 0 Å². The number of thiophene rings is 1. The van der Waals surface area contributed by atoms with Crippen molar-refractivity contribution in [2.45, 2.75) is 13.3 Å². The summed E-state index contributed by atoms with van der Waals surface area (Å²) in [4.78, 5) is 13.5. The van der Waals surface area contributed by atoms with Crippen molar-refractivity contribution in [2.24, 2.45) is 0 Å². The molecule has 1 aromatic carbocycles. The maximum Gasteiger partial charge on any atom is 0.273 e. The second-order valence-corrected chi connectivity index (χ2v) is 6.47. The fourth-order valence-electron chi connectivity index (χ4n) is 2.23. The smallest absolute Gasteiger partial charge is 0.273 e. The van der Waals surface area contributed by atoms with E-state index in [2.05, 4.69) is 21.7 Å². The molecule has 0 bridgehead atoms. The largest absolute Gasteiger partial charge is 0.350 e. The fourth-order valence-corrected chi connectivity index (χ4v) is 3.12. The Kier molecular flexibility index (Phi) is 4.73. The maximum atomic E-state index is 12.3. The van der Waals surface area contributed by atoms with Crippen LogP contribution < -0.4 is 5.32 Å². The number of nitrogens with one attached hydrogen (secondary N) is 1. The monoisotopic (exact) mass is 346 g/mol. The van der Waals surface area contributed by atoms with E-state index in [4.69, 9.17) is 11.6 Å². The minimum absolute atomic E-state index is 0.215. The van der Waals surface area contributed by atoms with Crippen LogP contribution in [0.25, 0.3) is 5.69 Å². The number of carbonyl (C=O) groups is 1. The first-order valence-corrected chi connectivity index (χ1v) is 8.40. The van der Waals surface area contributed by atoms with Crippen LogP contribution >= 0.6 is 22.9 Å². The number of carbonyl (C=O) groups excluding carboxylic acids is 1. The Morgan fingerprint density at radius 1 is 1.35 bits per heavy atom. The zero-order chi connectivity index (χ0) is 16.2. The third-order valence-electron chi connectivity index (χ3n) is 3.40. The topological polar surface area (TPSA) is 59.8 Å². The van der Waals surface area contributed by atoms with Gasteiger partial charge in [-0.25, -0.2) is 4.68 Å². The summed E-state index contributed by atoms with van der Waals surface area (Å²) >= 11 is 7.67. The summed E-state index contributed by atoms with van der Waals surface area (Å²) in [5.74, 6) is -0.215. The third-order valence-corrected chi connectivity index (χ3v) is 4.57. The first-order valence-electron chi connectivity index (χ1n) is 7.14. The van der Waals surface area contributed by atoms with Crippen LogP contribution in [0.3, 0.4) is 0 Å². The second-order valence-electron chi connectivity index (χ2n) is 5.00. The van der Waals surface area contributed by atoms with Gasteiger partial charge in [-0.05, 0) is 43.0 Å². The second kappa shape index (κ2) is 6.93. The van der Waals surface area contributed by atoms with Crippen LogP contribution in [0.1, 0.15) is 21.1 Å². The van der Waals surface area contributed by atoms with Gasteiger partial charge in [0.25, 0.3) is 5.91 Å². The number of rotatable bonds is 5. The lowest BCUT2D eigenvalue weighted by Gasteiger charge is -2.05. The lowest BCUT2D eigenvalue weighted by molar-refractivity contribution is 0.0948. The molecule has 23 heavy (non-hydrogen) atoms. The van der Waals surface area contributed by atoms with Crippen LogP contribution in [0, 0.1) is 6.92 Å². The van der Waals surface area contributed by atoms with Crippen LogP contribution in [0.15, 0.2) is 41.8 Å². The van der Waals surface area contributed by atoms with Crippen molar-refractivity contribution in [3.8, 4) is 5.69 Å². The quantitative estimate of drug-likeness (QED) is 0.771. The Morgan fingerprint density at radius 2 is 2.22 bits per heavy atom. The number of benzene rings is 1.